The summed E-state index contributed by atoms with van der Waals surface area (Å²) in [6, 6.07) is 4.66. The zero-order valence-corrected chi connectivity index (χ0v) is 7.07. The van der Waals surface area contributed by atoms with Crippen molar-refractivity contribution in [2.45, 2.75) is 6.04 Å². The van der Waals surface area contributed by atoms with Gasteiger partial charge in [0.05, 0.1) is 17.4 Å². The first-order valence-corrected chi connectivity index (χ1v) is 3.73. The van der Waals surface area contributed by atoms with Gasteiger partial charge in [-0.25, -0.2) is 4.98 Å². The first kappa shape index (κ1) is 9.23. The van der Waals surface area contributed by atoms with E-state index in [4.69, 9.17) is 16.7 Å². The third kappa shape index (κ3) is 1.83. The molecule has 0 aromatic carbocycles. The molecule has 1 rings (SSSR count). The summed E-state index contributed by atoms with van der Waals surface area (Å²) in [4.78, 5) is 3.98. The van der Waals surface area contributed by atoms with Gasteiger partial charge in [0.2, 0.25) is 0 Å². The van der Waals surface area contributed by atoms with E-state index in [-0.39, 0.29) is 0 Å². The monoisotopic (exact) mass is 174 g/mol. The van der Waals surface area contributed by atoms with Crippen molar-refractivity contribution < 1.29 is 0 Å². The van der Waals surface area contributed by atoms with Gasteiger partial charge in [0.15, 0.2) is 0 Å². The van der Waals surface area contributed by atoms with Gasteiger partial charge in [-0.3, -0.25) is 0 Å². The lowest BCUT2D eigenvalue weighted by atomic mass is 10.1. The molecule has 13 heavy (non-hydrogen) atoms. The minimum absolute atomic E-state index is 0.307. The van der Waals surface area contributed by atoms with Gasteiger partial charge in [0, 0.05) is 0 Å². The van der Waals surface area contributed by atoms with Gasteiger partial charge >= 0.3 is 0 Å². The number of aromatic nitrogens is 1. The highest BCUT2D eigenvalue weighted by atomic mass is 14.8. The number of nitrogen functional groups attached to an aromatic ring is 1. The Bertz CT molecular complexity index is 364. The molecule has 4 nitrogen and oxygen atoms in total. The second kappa shape index (κ2) is 3.70. The maximum Gasteiger partial charge on any atom is 0.141 e. The molecule has 0 fully saturated rings. The van der Waals surface area contributed by atoms with Crippen molar-refractivity contribution in [3.8, 4) is 6.07 Å². The number of hydrogen-bond donors (Lipinski definition) is 2. The number of anilines is 1. The van der Waals surface area contributed by atoms with Crippen LogP contribution in [0.3, 0.4) is 0 Å². The van der Waals surface area contributed by atoms with E-state index in [2.05, 4.69) is 11.6 Å². The summed E-state index contributed by atoms with van der Waals surface area (Å²) in [5.74, 6) is 0. The highest BCUT2D eigenvalue weighted by Crippen LogP contribution is 2.16. The summed E-state index contributed by atoms with van der Waals surface area (Å²) in [5, 5.41) is 8.59. The predicted octanol–water partition coefficient (Wildman–Crippen LogP) is 0.721. The van der Waals surface area contributed by atoms with Crippen molar-refractivity contribution in [3.63, 3.8) is 0 Å². The fourth-order valence-corrected chi connectivity index (χ4v) is 0.927. The van der Waals surface area contributed by atoms with E-state index in [1.807, 2.05) is 6.07 Å². The van der Waals surface area contributed by atoms with Crippen LogP contribution in [0.2, 0.25) is 0 Å². The molecule has 0 aliphatic heterocycles. The molecule has 1 aromatic rings. The minimum atomic E-state index is -0.423. The zero-order chi connectivity index (χ0) is 9.84. The highest BCUT2D eigenvalue weighted by Gasteiger charge is 2.08. The van der Waals surface area contributed by atoms with Gasteiger partial charge in [0.25, 0.3) is 0 Å². The Kier molecular flexibility index (Phi) is 2.62. The SMILES string of the molecule is C=CC(N)c1nc(C#N)ccc1N. The van der Waals surface area contributed by atoms with Gasteiger partial charge in [-0.1, -0.05) is 6.08 Å². The molecule has 66 valence electrons. The second-order valence-electron chi connectivity index (χ2n) is 2.54. The van der Waals surface area contributed by atoms with Crippen molar-refractivity contribution >= 4 is 5.69 Å². The Balaban J connectivity index is 3.20. The third-order valence-corrected chi connectivity index (χ3v) is 1.64. The van der Waals surface area contributed by atoms with Gasteiger partial charge in [-0.05, 0) is 12.1 Å². The lowest BCUT2D eigenvalue weighted by Crippen LogP contribution is -2.12. The van der Waals surface area contributed by atoms with Gasteiger partial charge in [-0.2, -0.15) is 5.26 Å². The molecule has 1 heterocycles. The number of nitrogens with two attached hydrogens (primary N) is 2. The first-order valence-electron chi connectivity index (χ1n) is 3.73. The van der Waals surface area contributed by atoms with Crippen molar-refractivity contribution in [2.24, 2.45) is 5.73 Å². The molecular weight excluding hydrogens is 164 g/mol. The highest BCUT2D eigenvalue weighted by molar-refractivity contribution is 5.47. The van der Waals surface area contributed by atoms with Crippen LogP contribution in [0.4, 0.5) is 5.69 Å². The summed E-state index contributed by atoms with van der Waals surface area (Å²) in [5.41, 5.74) is 12.5. The second-order valence-corrected chi connectivity index (χ2v) is 2.54. The van der Waals surface area contributed by atoms with Crippen LogP contribution in [-0.2, 0) is 0 Å². The van der Waals surface area contributed by atoms with E-state index < -0.39 is 6.04 Å². The van der Waals surface area contributed by atoms with E-state index in [9.17, 15) is 0 Å². The quantitative estimate of drug-likeness (QED) is 0.646. The molecule has 0 bridgehead atoms. The van der Waals surface area contributed by atoms with Crippen LogP contribution in [-0.4, -0.2) is 4.98 Å². The number of pyridine rings is 1. The molecule has 1 atom stereocenters. The Morgan fingerprint density at radius 2 is 2.31 bits per heavy atom. The molecular formula is C9H10N4. The Hall–Kier alpha value is -1.86. The fourth-order valence-electron chi connectivity index (χ4n) is 0.927. The van der Waals surface area contributed by atoms with E-state index in [1.165, 1.54) is 6.08 Å². The van der Waals surface area contributed by atoms with Crippen LogP contribution in [0.25, 0.3) is 0 Å². The van der Waals surface area contributed by atoms with Crippen molar-refractivity contribution in [1.29, 1.82) is 5.26 Å². The molecule has 0 spiro atoms. The van der Waals surface area contributed by atoms with Crippen LogP contribution < -0.4 is 11.5 Å². The smallest absolute Gasteiger partial charge is 0.141 e. The van der Waals surface area contributed by atoms with Gasteiger partial charge < -0.3 is 11.5 Å². The summed E-state index contributed by atoms with van der Waals surface area (Å²) >= 11 is 0. The molecule has 0 aliphatic carbocycles. The molecule has 0 amide bonds. The molecule has 4 heteroatoms. The first-order chi connectivity index (χ1) is 6.19. The zero-order valence-electron chi connectivity index (χ0n) is 7.07. The van der Waals surface area contributed by atoms with E-state index >= 15 is 0 Å². The minimum Gasteiger partial charge on any atom is -0.397 e. The van der Waals surface area contributed by atoms with E-state index in [0.29, 0.717) is 17.1 Å². The molecule has 0 radical (unpaired) electrons. The maximum atomic E-state index is 8.59. The average Bonchev–Trinajstić information content (AvgIpc) is 2.17. The lowest BCUT2D eigenvalue weighted by Gasteiger charge is -2.08. The molecule has 0 aliphatic rings. The Labute approximate surface area is 76.5 Å². The van der Waals surface area contributed by atoms with Crippen LogP contribution in [0.15, 0.2) is 24.8 Å². The van der Waals surface area contributed by atoms with Crippen LogP contribution in [0.5, 0.6) is 0 Å². The standard InChI is InChI=1S/C9H10N4/c1-2-7(11)9-8(12)4-3-6(5-10)13-9/h2-4,7H,1,11-12H2. The lowest BCUT2D eigenvalue weighted by molar-refractivity contribution is 0.865. The van der Waals surface area contributed by atoms with E-state index in [1.54, 1.807) is 12.1 Å². The third-order valence-electron chi connectivity index (χ3n) is 1.64. The predicted molar refractivity (Wildman–Crippen MR) is 50.5 cm³/mol. The average molecular weight is 174 g/mol. The molecule has 1 unspecified atom stereocenters. The summed E-state index contributed by atoms with van der Waals surface area (Å²) in [6.07, 6.45) is 1.53. The molecule has 0 saturated heterocycles. The summed E-state index contributed by atoms with van der Waals surface area (Å²) in [6.45, 7) is 3.53. The van der Waals surface area contributed by atoms with E-state index in [0.717, 1.165) is 0 Å². The normalized spacial score (nSPS) is 11.7. The topological polar surface area (TPSA) is 88.7 Å². The molecule has 1 aromatic heterocycles. The van der Waals surface area contributed by atoms with Crippen molar-refractivity contribution in [2.75, 3.05) is 5.73 Å². The molecule has 4 N–H and O–H groups in total. The number of nitrogens with zero attached hydrogens (tertiary/aromatic N) is 2. The summed E-state index contributed by atoms with van der Waals surface area (Å²) in [7, 11) is 0. The van der Waals surface area contributed by atoms with Crippen molar-refractivity contribution in [1.82, 2.24) is 4.98 Å². The number of rotatable bonds is 2. The largest absolute Gasteiger partial charge is 0.397 e. The summed E-state index contributed by atoms with van der Waals surface area (Å²) < 4.78 is 0. The number of nitriles is 1. The van der Waals surface area contributed by atoms with Crippen LogP contribution in [0, 0.1) is 11.3 Å². The fraction of sp³-hybridized carbons (Fsp3) is 0.111. The maximum absolute atomic E-state index is 8.59. The Morgan fingerprint density at radius 3 is 2.85 bits per heavy atom. The van der Waals surface area contributed by atoms with Crippen LogP contribution in [0.1, 0.15) is 17.4 Å². The van der Waals surface area contributed by atoms with Gasteiger partial charge in [0.1, 0.15) is 11.8 Å². The van der Waals surface area contributed by atoms with Gasteiger partial charge in [-0.15, -0.1) is 6.58 Å². The van der Waals surface area contributed by atoms with Crippen molar-refractivity contribution in [3.05, 3.63) is 36.2 Å². The molecule has 0 saturated carbocycles. The Morgan fingerprint density at radius 1 is 1.62 bits per heavy atom. The van der Waals surface area contributed by atoms with Crippen LogP contribution >= 0.6 is 0 Å². The number of hydrogen-bond acceptors (Lipinski definition) is 4.